The van der Waals surface area contributed by atoms with Gasteiger partial charge in [0.25, 0.3) is 0 Å². The highest BCUT2D eigenvalue weighted by Crippen LogP contribution is 2.37. The van der Waals surface area contributed by atoms with Gasteiger partial charge in [-0.2, -0.15) is 5.10 Å². The van der Waals surface area contributed by atoms with Crippen LogP contribution in [0.3, 0.4) is 0 Å². The van der Waals surface area contributed by atoms with E-state index >= 15 is 0 Å². The molecule has 0 radical (unpaired) electrons. The van der Waals surface area contributed by atoms with E-state index in [9.17, 15) is 0 Å². The van der Waals surface area contributed by atoms with E-state index in [0.29, 0.717) is 6.54 Å². The van der Waals surface area contributed by atoms with E-state index in [0.717, 1.165) is 26.8 Å². The first-order chi connectivity index (χ1) is 12.2. The molecule has 3 aromatic heterocycles. The number of thiophene rings is 1. The molecular weight excluding hydrogens is 368 g/mol. The maximum atomic E-state index is 5.20. The smallest absolute Gasteiger partial charge is 0.147 e. The molecule has 134 valence electrons. The third kappa shape index (κ3) is 3.18. The van der Waals surface area contributed by atoms with Gasteiger partial charge in [0.15, 0.2) is 0 Å². The van der Waals surface area contributed by atoms with Crippen LogP contribution in [0.2, 0.25) is 0 Å². The molecule has 0 spiro atoms. The van der Waals surface area contributed by atoms with Crippen LogP contribution in [0.15, 0.2) is 36.5 Å². The minimum atomic E-state index is 0. The molecule has 5 nitrogen and oxygen atoms in total. The highest BCUT2D eigenvalue weighted by molar-refractivity contribution is 7.26. The number of hydrogen-bond donors (Lipinski definition) is 1. The van der Waals surface area contributed by atoms with Gasteiger partial charge in [0.05, 0.1) is 17.5 Å². The monoisotopic (exact) mass is 386 g/mol. The fraction of sp³-hybridized carbons (Fsp3) is 0.211. The van der Waals surface area contributed by atoms with Crippen molar-refractivity contribution in [2.75, 3.05) is 12.4 Å². The number of benzene rings is 1. The van der Waals surface area contributed by atoms with Gasteiger partial charge in [-0.1, -0.05) is 12.1 Å². The zero-order chi connectivity index (χ0) is 17.4. The second-order valence-corrected chi connectivity index (χ2v) is 6.93. The van der Waals surface area contributed by atoms with Crippen LogP contribution in [-0.2, 0) is 6.54 Å². The number of nitrogens with zero attached hydrogens (tertiary/aromatic N) is 3. The third-order valence-corrected chi connectivity index (χ3v) is 5.51. The maximum Gasteiger partial charge on any atom is 0.147 e. The highest BCUT2D eigenvalue weighted by Gasteiger charge is 2.14. The molecule has 0 aliphatic carbocycles. The van der Waals surface area contributed by atoms with Crippen LogP contribution < -0.4 is 10.1 Å². The van der Waals surface area contributed by atoms with E-state index < -0.39 is 0 Å². The summed E-state index contributed by atoms with van der Waals surface area (Å²) >= 11 is 1.63. The molecule has 4 aromatic rings. The summed E-state index contributed by atoms with van der Waals surface area (Å²) in [6.45, 7) is 4.80. The fourth-order valence-electron chi connectivity index (χ4n) is 2.88. The first kappa shape index (κ1) is 18.4. The molecule has 0 aliphatic rings. The van der Waals surface area contributed by atoms with Gasteiger partial charge < -0.3 is 10.1 Å². The Hall–Kier alpha value is -2.44. The molecule has 0 fully saturated rings. The van der Waals surface area contributed by atoms with Crippen LogP contribution in [0, 0.1) is 13.8 Å². The van der Waals surface area contributed by atoms with Crippen molar-refractivity contribution in [3.8, 4) is 5.75 Å². The van der Waals surface area contributed by atoms with Gasteiger partial charge >= 0.3 is 0 Å². The lowest BCUT2D eigenvalue weighted by Crippen LogP contribution is -2.01. The predicted octanol–water partition coefficient (Wildman–Crippen LogP) is 4.90. The number of aromatic nitrogens is 3. The number of nitrogens with one attached hydrogen (secondary N) is 1. The maximum absolute atomic E-state index is 5.20. The van der Waals surface area contributed by atoms with Crippen molar-refractivity contribution in [3.63, 3.8) is 0 Å². The Morgan fingerprint density at radius 2 is 1.85 bits per heavy atom. The zero-order valence-corrected chi connectivity index (χ0v) is 16.4. The Morgan fingerprint density at radius 1 is 1.08 bits per heavy atom. The highest BCUT2D eigenvalue weighted by atomic mass is 35.5. The summed E-state index contributed by atoms with van der Waals surface area (Å²) in [5, 5.41) is 14.4. The van der Waals surface area contributed by atoms with E-state index in [-0.39, 0.29) is 12.4 Å². The normalized spacial score (nSPS) is 10.7. The Balaban J connectivity index is 0.00000196. The van der Waals surface area contributed by atoms with Gasteiger partial charge in [0.1, 0.15) is 16.4 Å². The van der Waals surface area contributed by atoms with Crippen molar-refractivity contribution in [2.24, 2.45) is 0 Å². The Morgan fingerprint density at radius 3 is 2.58 bits per heavy atom. The first-order valence-electron chi connectivity index (χ1n) is 8.05. The summed E-state index contributed by atoms with van der Waals surface area (Å²) in [4.78, 5) is 5.49. The topological polar surface area (TPSA) is 59.9 Å². The molecule has 1 aromatic carbocycles. The van der Waals surface area contributed by atoms with E-state index in [1.54, 1.807) is 18.4 Å². The number of aryl methyl sites for hydroxylation is 2. The molecule has 0 amide bonds. The number of hydrogen-bond acceptors (Lipinski definition) is 6. The Labute approximate surface area is 161 Å². The van der Waals surface area contributed by atoms with E-state index in [1.807, 2.05) is 25.3 Å². The van der Waals surface area contributed by atoms with Crippen molar-refractivity contribution in [3.05, 3.63) is 53.3 Å². The number of halogens is 1. The average molecular weight is 387 g/mol. The lowest BCUT2D eigenvalue weighted by molar-refractivity contribution is 0.414. The summed E-state index contributed by atoms with van der Waals surface area (Å²) in [6, 6.07) is 10.1. The average Bonchev–Trinajstić information content (AvgIpc) is 3.03. The molecule has 1 N–H and O–H groups in total. The SMILES string of the molecule is COc1ccc(CNc2nccc3c2sc2nnc(C)c(C)c23)cc1.Cl. The van der Waals surface area contributed by atoms with Gasteiger partial charge in [-0.3, -0.25) is 0 Å². The summed E-state index contributed by atoms with van der Waals surface area (Å²) in [5.74, 6) is 1.74. The van der Waals surface area contributed by atoms with Crippen molar-refractivity contribution < 1.29 is 4.74 Å². The first-order valence-corrected chi connectivity index (χ1v) is 8.87. The molecule has 0 saturated carbocycles. The zero-order valence-electron chi connectivity index (χ0n) is 14.7. The molecule has 0 atom stereocenters. The number of ether oxygens (including phenoxy) is 1. The lowest BCUT2D eigenvalue weighted by Gasteiger charge is -2.07. The van der Waals surface area contributed by atoms with Crippen LogP contribution in [-0.4, -0.2) is 22.3 Å². The molecule has 4 rings (SSSR count). The van der Waals surface area contributed by atoms with Crippen LogP contribution in [0.4, 0.5) is 5.82 Å². The van der Waals surface area contributed by atoms with E-state index in [2.05, 4.69) is 45.6 Å². The van der Waals surface area contributed by atoms with Crippen LogP contribution in [0.5, 0.6) is 5.75 Å². The molecular formula is C19H19ClN4OS. The third-order valence-electron chi connectivity index (χ3n) is 4.41. The summed E-state index contributed by atoms with van der Waals surface area (Å²) in [6.07, 6.45) is 1.85. The standard InChI is InChI=1S/C19H18N4OS.ClH/c1-11-12(2)22-23-19-16(11)15-8-9-20-18(17(15)25-19)21-10-13-4-6-14(24-3)7-5-13;/h4-9H,10H2,1-3H3,(H,20,21);1H. The number of methoxy groups -OCH3 is 1. The Kier molecular flexibility index (Phi) is 5.25. The van der Waals surface area contributed by atoms with Crippen LogP contribution in [0.1, 0.15) is 16.8 Å². The number of anilines is 1. The molecule has 0 saturated heterocycles. The fourth-order valence-corrected chi connectivity index (χ4v) is 4.02. The Bertz CT molecular complexity index is 1060. The van der Waals surface area contributed by atoms with E-state index in [1.165, 1.54) is 21.9 Å². The van der Waals surface area contributed by atoms with Gasteiger partial charge in [-0.25, -0.2) is 4.98 Å². The second-order valence-electron chi connectivity index (χ2n) is 5.93. The molecule has 0 unspecified atom stereocenters. The largest absolute Gasteiger partial charge is 0.497 e. The van der Waals surface area contributed by atoms with E-state index in [4.69, 9.17) is 4.74 Å². The van der Waals surface area contributed by atoms with Crippen LogP contribution in [0.25, 0.3) is 20.3 Å². The summed E-state index contributed by atoms with van der Waals surface area (Å²) in [5.41, 5.74) is 3.33. The number of rotatable bonds is 4. The molecule has 0 aliphatic heterocycles. The minimum absolute atomic E-state index is 0. The van der Waals surface area contributed by atoms with Gasteiger partial charge in [-0.05, 0) is 43.2 Å². The number of pyridine rings is 1. The molecule has 26 heavy (non-hydrogen) atoms. The van der Waals surface area contributed by atoms with Crippen LogP contribution >= 0.6 is 23.7 Å². The van der Waals surface area contributed by atoms with Gasteiger partial charge in [0, 0.05) is 23.5 Å². The summed E-state index contributed by atoms with van der Waals surface area (Å²) < 4.78 is 6.32. The quantitative estimate of drug-likeness (QED) is 0.540. The summed E-state index contributed by atoms with van der Waals surface area (Å²) in [7, 11) is 1.67. The van der Waals surface area contributed by atoms with Gasteiger partial charge in [-0.15, -0.1) is 28.8 Å². The molecule has 7 heteroatoms. The van der Waals surface area contributed by atoms with Crippen molar-refractivity contribution in [2.45, 2.75) is 20.4 Å². The number of fused-ring (bicyclic) bond motifs is 3. The van der Waals surface area contributed by atoms with Gasteiger partial charge in [0.2, 0.25) is 0 Å². The lowest BCUT2D eigenvalue weighted by atomic mass is 10.1. The van der Waals surface area contributed by atoms with Crippen molar-refractivity contribution in [1.29, 1.82) is 0 Å². The second kappa shape index (κ2) is 7.43. The van der Waals surface area contributed by atoms with Crippen molar-refractivity contribution in [1.82, 2.24) is 15.2 Å². The van der Waals surface area contributed by atoms with Crippen molar-refractivity contribution >= 4 is 49.9 Å². The predicted molar refractivity (Wildman–Crippen MR) is 110 cm³/mol. The molecule has 3 heterocycles. The minimum Gasteiger partial charge on any atom is -0.497 e. The molecule has 0 bridgehead atoms.